The number of hydrogen-bond donors (Lipinski definition) is 1. The first kappa shape index (κ1) is 16.8. The summed E-state index contributed by atoms with van der Waals surface area (Å²) in [6.07, 6.45) is 2.12. The highest BCUT2D eigenvalue weighted by molar-refractivity contribution is 6.05. The molecule has 0 radical (unpaired) electrons. The Morgan fingerprint density at radius 2 is 2.04 bits per heavy atom. The Labute approximate surface area is 144 Å². The number of rotatable bonds is 5. The third kappa shape index (κ3) is 3.57. The molecule has 0 amide bonds. The van der Waals surface area contributed by atoms with Crippen LogP contribution >= 0.6 is 0 Å². The molecule has 0 spiro atoms. The van der Waals surface area contributed by atoms with Gasteiger partial charge in [-0.1, -0.05) is 19.1 Å². The number of halogens is 1. The van der Waals surface area contributed by atoms with E-state index in [0.29, 0.717) is 29.7 Å². The van der Waals surface area contributed by atoms with Gasteiger partial charge in [-0.15, -0.1) is 0 Å². The van der Waals surface area contributed by atoms with E-state index in [4.69, 9.17) is 4.74 Å². The minimum absolute atomic E-state index is 0.245. The number of fused-ring (bicyclic) bond motifs is 1. The lowest BCUT2D eigenvalue weighted by Gasteiger charge is -2.14. The van der Waals surface area contributed by atoms with Crippen LogP contribution in [0.1, 0.15) is 29.4 Å². The van der Waals surface area contributed by atoms with Crippen molar-refractivity contribution in [1.29, 1.82) is 0 Å². The Kier molecular flexibility index (Phi) is 4.88. The normalized spacial score (nSPS) is 10.7. The molecule has 128 valence electrons. The molecule has 3 aromatic rings. The number of esters is 1. The minimum Gasteiger partial charge on any atom is -0.462 e. The summed E-state index contributed by atoms with van der Waals surface area (Å²) >= 11 is 0. The van der Waals surface area contributed by atoms with Crippen molar-refractivity contribution in [2.75, 3.05) is 11.9 Å². The topological polar surface area (TPSA) is 64.1 Å². The number of aryl methyl sites for hydroxylation is 1. The zero-order valence-electron chi connectivity index (χ0n) is 14.0. The van der Waals surface area contributed by atoms with E-state index in [-0.39, 0.29) is 11.3 Å². The molecule has 2 heterocycles. The van der Waals surface area contributed by atoms with Gasteiger partial charge in [-0.2, -0.15) is 0 Å². The number of nitrogens with one attached hydrogen (secondary N) is 1. The number of pyridine rings is 2. The number of hydrogen-bond acceptors (Lipinski definition) is 5. The number of ether oxygens (including phenoxy) is 1. The summed E-state index contributed by atoms with van der Waals surface area (Å²) in [7, 11) is 0. The molecular weight excluding hydrogens is 321 g/mol. The molecule has 0 saturated carbocycles. The predicted octanol–water partition coefficient (Wildman–Crippen LogP) is 4.39. The maximum Gasteiger partial charge on any atom is 0.341 e. The highest BCUT2D eigenvalue weighted by atomic mass is 19.1. The van der Waals surface area contributed by atoms with E-state index in [2.05, 4.69) is 15.3 Å². The van der Waals surface area contributed by atoms with Gasteiger partial charge in [0.25, 0.3) is 0 Å². The smallest absolute Gasteiger partial charge is 0.341 e. The van der Waals surface area contributed by atoms with Crippen molar-refractivity contribution in [3.63, 3.8) is 0 Å². The fraction of sp³-hybridized carbons (Fsp3) is 0.211. The van der Waals surface area contributed by atoms with Gasteiger partial charge < -0.3 is 10.1 Å². The summed E-state index contributed by atoms with van der Waals surface area (Å²) in [5.41, 5.74) is 2.22. The fourth-order valence-electron chi connectivity index (χ4n) is 2.43. The van der Waals surface area contributed by atoms with Crippen LogP contribution in [0.3, 0.4) is 0 Å². The lowest BCUT2D eigenvalue weighted by atomic mass is 10.1. The van der Waals surface area contributed by atoms with Crippen LogP contribution in [0.2, 0.25) is 0 Å². The molecule has 0 saturated heterocycles. The van der Waals surface area contributed by atoms with Gasteiger partial charge in [-0.05, 0) is 37.6 Å². The van der Waals surface area contributed by atoms with Gasteiger partial charge in [0.15, 0.2) is 5.65 Å². The van der Waals surface area contributed by atoms with Crippen molar-refractivity contribution >= 4 is 28.4 Å². The SMILES string of the molecule is CCCOC(=O)c1cnc2nc(C)ccc2c1Nc1ccccc1F. The summed E-state index contributed by atoms with van der Waals surface area (Å²) in [6, 6.07) is 9.90. The summed E-state index contributed by atoms with van der Waals surface area (Å²) in [6.45, 7) is 4.08. The van der Waals surface area contributed by atoms with Gasteiger partial charge in [-0.3, -0.25) is 0 Å². The predicted molar refractivity (Wildman–Crippen MR) is 94.5 cm³/mol. The second-order valence-electron chi connectivity index (χ2n) is 5.61. The van der Waals surface area contributed by atoms with Gasteiger partial charge in [0, 0.05) is 17.3 Å². The van der Waals surface area contributed by atoms with E-state index in [0.717, 1.165) is 5.69 Å². The number of aromatic nitrogens is 2. The zero-order chi connectivity index (χ0) is 17.8. The Morgan fingerprint density at radius 3 is 2.80 bits per heavy atom. The van der Waals surface area contributed by atoms with E-state index in [1.54, 1.807) is 18.2 Å². The van der Waals surface area contributed by atoms with Crippen LogP contribution < -0.4 is 5.32 Å². The number of nitrogens with zero attached hydrogens (tertiary/aromatic N) is 2. The number of carbonyl (C=O) groups is 1. The second kappa shape index (κ2) is 7.25. The number of benzene rings is 1. The van der Waals surface area contributed by atoms with Crippen molar-refractivity contribution in [2.24, 2.45) is 0 Å². The largest absolute Gasteiger partial charge is 0.462 e. The molecule has 0 aliphatic carbocycles. The third-order valence-electron chi connectivity index (χ3n) is 3.66. The zero-order valence-corrected chi connectivity index (χ0v) is 14.0. The highest BCUT2D eigenvalue weighted by Crippen LogP contribution is 2.30. The number of para-hydroxylation sites is 1. The maximum absolute atomic E-state index is 14.1. The standard InChI is InChI=1S/C19H18FN3O2/c1-3-10-25-19(24)14-11-21-18-13(9-8-12(2)22-18)17(14)23-16-7-5-4-6-15(16)20/h4-9,11H,3,10H2,1-2H3,(H,21,22,23). The Hall–Kier alpha value is -3.02. The van der Waals surface area contributed by atoms with Gasteiger partial charge in [-0.25, -0.2) is 19.2 Å². The second-order valence-corrected chi connectivity index (χ2v) is 5.61. The van der Waals surface area contributed by atoms with Gasteiger partial charge in [0.2, 0.25) is 0 Å². The number of anilines is 2. The Bertz CT molecular complexity index is 928. The van der Waals surface area contributed by atoms with E-state index in [9.17, 15) is 9.18 Å². The lowest BCUT2D eigenvalue weighted by molar-refractivity contribution is 0.0506. The first-order valence-electron chi connectivity index (χ1n) is 8.05. The van der Waals surface area contributed by atoms with Crippen LogP contribution in [0.5, 0.6) is 0 Å². The quantitative estimate of drug-likeness (QED) is 0.699. The average molecular weight is 339 g/mol. The van der Waals surface area contributed by atoms with Gasteiger partial charge >= 0.3 is 5.97 Å². The molecule has 0 bridgehead atoms. The summed E-state index contributed by atoms with van der Waals surface area (Å²) in [4.78, 5) is 21.0. The van der Waals surface area contributed by atoms with Crippen molar-refractivity contribution in [3.8, 4) is 0 Å². The molecule has 0 unspecified atom stereocenters. The van der Waals surface area contributed by atoms with Crippen molar-refractivity contribution in [1.82, 2.24) is 9.97 Å². The molecular formula is C19H18FN3O2. The van der Waals surface area contributed by atoms with Crippen molar-refractivity contribution in [2.45, 2.75) is 20.3 Å². The monoisotopic (exact) mass is 339 g/mol. The average Bonchev–Trinajstić information content (AvgIpc) is 2.61. The third-order valence-corrected chi connectivity index (χ3v) is 3.66. The molecule has 1 N–H and O–H groups in total. The van der Waals surface area contributed by atoms with E-state index >= 15 is 0 Å². The Morgan fingerprint density at radius 1 is 1.24 bits per heavy atom. The number of carbonyl (C=O) groups excluding carboxylic acids is 1. The first-order chi connectivity index (χ1) is 12.1. The van der Waals surface area contributed by atoms with Crippen LogP contribution in [0.15, 0.2) is 42.6 Å². The van der Waals surface area contributed by atoms with E-state index in [1.807, 2.05) is 26.0 Å². The fourth-order valence-corrected chi connectivity index (χ4v) is 2.43. The molecule has 2 aromatic heterocycles. The molecule has 0 fully saturated rings. The molecule has 3 rings (SSSR count). The Balaban J connectivity index is 2.13. The molecule has 5 nitrogen and oxygen atoms in total. The first-order valence-corrected chi connectivity index (χ1v) is 8.05. The van der Waals surface area contributed by atoms with Crippen LogP contribution in [-0.4, -0.2) is 22.5 Å². The van der Waals surface area contributed by atoms with Crippen molar-refractivity contribution < 1.29 is 13.9 Å². The summed E-state index contributed by atoms with van der Waals surface area (Å²) in [5.74, 6) is -0.920. The van der Waals surface area contributed by atoms with Gasteiger partial charge in [0.1, 0.15) is 11.4 Å². The molecule has 6 heteroatoms. The molecule has 1 aromatic carbocycles. The molecule has 0 aliphatic rings. The molecule has 0 aliphatic heterocycles. The van der Waals surface area contributed by atoms with E-state index in [1.165, 1.54) is 12.3 Å². The van der Waals surface area contributed by atoms with Crippen LogP contribution in [0.4, 0.5) is 15.8 Å². The lowest BCUT2D eigenvalue weighted by Crippen LogP contribution is -2.10. The van der Waals surface area contributed by atoms with Crippen LogP contribution in [-0.2, 0) is 4.74 Å². The van der Waals surface area contributed by atoms with Gasteiger partial charge in [0.05, 0.1) is 18.0 Å². The van der Waals surface area contributed by atoms with E-state index < -0.39 is 11.8 Å². The highest BCUT2D eigenvalue weighted by Gasteiger charge is 2.18. The summed E-state index contributed by atoms with van der Waals surface area (Å²) < 4.78 is 19.3. The van der Waals surface area contributed by atoms with Crippen molar-refractivity contribution in [3.05, 3.63) is 59.7 Å². The molecule has 25 heavy (non-hydrogen) atoms. The molecule has 0 atom stereocenters. The van der Waals surface area contributed by atoms with Crippen LogP contribution in [0, 0.1) is 12.7 Å². The minimum atomic E-state index is -0.504. The van der Waals surface area contributed by atoms with Crippen LogP contribution in [0.25, 0.3) is 11.0 Å². The maximum atomic E-state index is 14.1. The summed E-state index contributed by atoms with van der Waals surface area (Å²) in [5, 5.41) is 3.63.